The second kappa shape index (κ2) is 10.6. The summed E-state index contributed by atoms with van der Waals surface area (Å²) in [5.74, 6) is 1.34. The Labute approximate surface area is 213 Å². The van der Waals surface area contributed by atoms with E-state index in [1.165, 1.54) is 12.1 Å². The van der Waals surface area contributed by atoms with Gasteiger partial charge in [-0.25, -0.2) is 4.39 Å². The third kappa shape index (κ3) is 5.27. The first-order chi connectivity index (χ1) is 16.4. The summed E-state index contributed by atoms with van der Waals surface area (Å²) in [5, 5.41) is 0. The summed E-state index contributed by atoms with van der Waals surface area (Å²) in [6.07, 6.45) is 1.93. The summed E-state index contributed by atoms with van der Waals surface area (Å²) < 4.78 is 26.0. The van der Waals surface area contributed by atoms with Gasteiger partial charge in [-0.3, -0.25) is 4.79 Å². The summed E-state index contributed by atoms with van der Waals surface area (Å²) in [5.41, 5.74) is 4.30. The second-order valence-electron chi connectivity index (χ2n) is 8.56. The van der Waals surface area contributed by atoms with E-state index in [4.69, 9.17) is 9.47 Å². The molecule has 3 aromatic rings. The van der Waals surface area contributed by atoms with Gasteiger partial charge in [0.25, 0.3) is 5.91 Å². The Morgan fingerprint density at radius 2 is 1.79 bits per heavy atom. The van der Waals surface area contributed by atoms with Gasteiger partial charge in [0, 0.05) is 17.7 Å². The topological polar surface area (TPSA) is 38.8 Å². The third-order valence-electron chi connectivity index (χ3n) is 5.45. The number of nitrogens with zero attached hydrogens (tertiary/aromatic N) is 1. The highest BCUT2D eigenvalue weighted by Crippen LogP contribution is 2.40. The van der Waals surface area contributed by atoms with Crippen LogP contribution < -0.4 is 14.4 Å². The number of halogens is 2. The SMILES string of the molecule is CCOc1cc(/C=C2\C(=O)N(CC(C)C)c3ccccc32)cc(I)c1OCc1ccc(F)cc1. The molecule has 176 valence electrons. The Kier molecular flexibility index (Phi) is 7.56. The first kappa shape index (κ1) is 24.3. The predicted molar refractivity (Wildman–Crippen MR) is 143 cm³/mol. The molecule has 0 atom stereocenters. The summed E-state index contributed by atoms with van der Waals surface area (Å²) in [4.78, 5) is 15.2. The first-order valence-electron chi connectivity index (χ1n) is 11.3. The second-order valence-corrected chi connectivity index (χ2v) is 9.73. The average Bonchev–Trinajstić information content (AvgIpc) is 3.05. The maximum absolute atomic E-state index is 13.3. The standard InChI is InChI=1S/C28H27FINO3/c1-4-33-26-15-20(14-24(30)27(26)34-17-19-9-11-21(29)12-10-19)13-23-22-7-5-6-8-25(22)31(28(23)32)16-18(2)3/h5-15,18H,4,16-17H2,1-3H3/b23-13-. The van der Waals surface area contributed by atoms with Crippen LogP contribution in [0, 0.1) is 15.3 Å². The highest BCUT2D eigenvalue weighted by atomic mass is 127. The number of para-hydroxylation sites is 1. The molecule has 0 fully saturated rings. The van der Waals surface area contributed by atoms with E-state index < -0.39 is 0 Å². The van der Waals surface area contributed by atoms with Gasteiger partial charge in [-0.1, -0.05) is 44.2 Å². The van der Waals surface area contributed by atoms with Crippen molar-refractivity contribution < 1.29 is 18.7 Å². The van der Waals surface area contributed by atoms with Crippen molar-refractivity contribution in [2.24, 2.45) is 5.92 Å². The van der Waals surface area contributed by atoms with Crippen LogP contribution in [-0.4, -0.2) is 19.1 Å². The van der Waals surface area contributed by atoms with E-state index in [2.05, 4.69) is 36.4 Å². The highest BCUT2D eigenvalue weighted by molar-refractivity contribution is 14.1. The lowest BCUT2D eigenvalue weighted by Gasteiger charge is -2.19. The number of carbonyl (C=O) groups is 1. The fraction of sp³-hybridized carbons (Fsp3) is 0.250. The Morgan fingerprint density at radius 1 is 1.06 bits per heavy atom. The number of anilines is 1. The number of ether oxygens (including phenoxy) is 2. The van der Waals surface area contributed by atoms with Gasteiger partial charge in [0.1, 0.15) is 12.4 Å². The molecule has 0 saturated carbocycles. The van der Waals surface area contributed by atoms with Crippen LogP contribution in [0.4, 0.5) is 10.1 Å². The summed E-state index contributed by atoms with van der Waals surface area (Å²) in [6, 6.07) is 18.0. The molecule has 0 saturated heterocycles. The van der Waals surface area contributed by atoms with Gasteiger partial charge in [-0.15, -0.1) is 0 Å². The maximum Gasteiger partial charge on any atom is 0.259 e. The van der Waals surface area contributed by atoms with E-state index in [1.807, 2.05) is 54.3 Å². The van der Waals surface area contributed by atoms with Crippen molar-refractivity contribution in [3.8, 4) is 11.5 Å². The van der Waals surface area contributed by atoms with Crippen LogP contribution in [0.25, 0.3) is 11.6 Å². The van der Waals surface area contributed by atoms with E-state index in [-0.39, 0.29) is 11.7 Å². The van der Waals surface area contributed by atoms with Crippen molar-refractivity contribution in [1.82, 2.24) is 0 Å². The Hall–Kier alpha value is -2.87. The van der Waals surface area contributed by atoms with Gasteiger partial charge < -0.3 is 14.4 Å². The molecule has 0 aromatic heterocycles. The number of hydrogen-bond donors (Lipinski definition) is 0. The number of hydrogen-bond acceptors (Lipinski definition) is 3. The van der Waals surface area contributed by atoms with E-state index in [0.717, 1.165) is 25.9 Å². The zero-order valence-corrected chi connectivity index (χ0v) is 21.6. The van der Waals surface area contributed by atoms with Gasteiger partial charge >= 0.3 is 0 Å². The maximum atomic E-state index is 13.3. The van der Waals surface area contributed by atoms with Gasteiger partial charge in [0.15, 0.2) is 11.5 Å². The minimum Gasteiger partial charge on any atom is -0.490 e. The number of benzene rings is 3. The van der Waals surface area contributed by atoms with Crippen molar-refractivity contribution in [3.63, 3.8) is 0 Å². The number of carbonyl (C=O) groups excluding carboxylic acids is 1. The first-order valence-corrected chi connectivity index (χ1v) is 12.4. The molecule has 0 aliphatic carbocycles. The highest BCUT2D eigenvalue weighted by Gasteiger charge is 2.32. The number of fused-ring (bicyclic) bond motifs is 1. The lowest BCUT2D eigenvalue weighted by Crippen LogP contribution is -2.30. The van der Waals surface area contributed by atoms with E-state index in [0.29, 0.717) is 42.7 Å². The molecule has 0 radical (unpaired) electrons. The monoisotopic (exact) mass is 571 g/mol. The molecule has 1 amide bonds. The lowest BCUT2D eigenvalue weighted by molar-refractivity contribution is -0.113. The smallest absolute Gasteiger partial charge is 0.259 e. The van der Waals surface area contributed by atoms with Crippen LogP contribution in [0.3, 0.4) is 0 Å². The molecule has 4 nitrogen and oxygen atoms in total. The van der Waals surface area contributed by atoms with Crippen LogP contribution in [0.2, 0.25) is 0 Å². The van der Waals surface area contributed by atoms with Crippen LogP contribution in [0.15, 0.2) is 60.7 Å². The van der Waals surface area contributed by atoms with Crippen molar-refractivity contribution in [2.45, 2.75) is 27.4 Å². The van der Waals surface area contributed by atoms with Crippen LogP contribution in [-0.2, 0) is 11.4 Å². The quantitative estimate of drug-likeness (QED) is 0.217. The van der Waals surface area contributed by atoms with Crippen LogP contribution >= 0.6 is 22.6 Å². The molecule has 0 N–H and O–H groups in total. The molecule has 4 rings (SSSR count). The molecule has 3 aromatic carbocycles. The van der Waals surface area contributed by atoms with Gasteiger partial charge in [-0.2, -0.15) is 0 Å². The molecule has 0 unspecified atom stereocenters. The summed E-state index contributed by atoms with van der Waals surface area (Å²) in [7, 11) is 0. The molecule has 1 aliphatic heterocycles. The largest absolute Gasteiger partial charge is 0.490 e. The molecule has 1 heterocycles. The summed E-state index contributed by atoms with van der Waals surface area (Å²) >= 11 is 2.22. The van der Waals surface area contributed by atoms with Gasteiger partial charge in [0.2, 0.25) is 0 Å². The number of amides is 1. The zero-order valence-electron chi connectivity index (χ0n) is 19.5. The molecule has 0 spiro atoms. The average molecular weight is 571 g/mol. The molecular formula is C28H27FINO3. The minimum atomic E-state index is -0.277. The Morgan fingerprint density at radius 3 is 2.50 bits per heavy atom. The van der Waals surface area contributed by atoms with E-state index in [1.54, 1.807) is 12.1 Å². The van der Waals surface area contributed by atoms with Gasteiger partial charge in [0.05, 0.1) is 15.9 Å². The van der Waals surface area contributed by atoms with Gasteiger partial charge in [-0.05, 0) is 83.0 Å². The Bertz CT molecular complexity index is 1220. The lowest BCUT2D eigenvalue weighted by atomic mass is 10.0. The normalized spacial score (nSPS) is 14.1. The zero-order chi connectivity index (χ0) is 24.2. The predicted octanol–water partition coefficient (Wildman–Crippen LogP) is 6.95. The third-order valence-corrected chi connectivity index (χ3v) is 6.25. The fourth-order valence-corrected chi connectivity index (χ4v) is 4.75. The fourth-order valence-electron chi connectivity index (χ4n) is 3.97. The molecule has 0 bridgehead atoms. The van der Waals surface area contributed by atoms with E-state index >= 15 is 0 Å². The Balaban J connectivity index is 1.67. The van der Waals surface area contributed by atoms with Crippen molar-refractivity contribution in [2.75, 3.05) is 18.1 Å². The van der Waals surface area contributed by atoms with Crippen LogP contribution in [0.1, 0.15) is 37.5 Å². The number of rotatable bonds is 8. The van der Waals surface area contributed by atoms with Crippen LogP contribution in [0.5, 0.6) is 11.5 Å². The van der Waals surface area contributed by atoms with Crippen molar-refractivity contribution in [3.05, 3.63) is 86.7 Å². The van der Waals surface area contributed by atoms with Crippen molar-refractivity contribution >= 4 is 45.8 Å². The molecule has 34 heavy (non-hydrogen) atoms. The minimum absolute atomic E-state index is 0.0134. The van der Waals surface area contributed by atoms with E-state index in [9.17, 15) is 9.18 Å². The van der Waals surface area contributed by atoms with Crippen molar-refractivity contribution in [1.29, 1.82) is 0 Å². The summed E-state index contributed by atoms with van der Waals surface area (Å²) in [6.45, 7) is 7.59. The molecule has 6 heteroatoms. The molecule has 1 aliphatic rings. The molecular weight excluding hydrogens is 544 g/mol.